The summed E-state index contributed by atoms with van der Waals surface area (Å²) in [7, 11) is -1.50. The Kier molecular flexibility index (Phi) is 6.04. The molecule has 0 aromatic heterocycles. The highest BCUT2D eigenvalue weighted by atomic mass is 35.5. The third kappa shape index (κ3) is 4.80. The standard InChI is InChI=1S/C19H21ClN2O4S/c1-26-15-7-8-17(16(20)13-15)21-19(23)18(14-5-3-2-4-6-14)22-9-11-27(24,25)12-10-22/h2-8,13,18H,9-12H2,1H3,(H,21,23). The van der Waals surface area contributed by atoms with E-state index in [2.05, 4.69) is 5.32 Å². The van der Waals surface area contributed by atoms with Crippen molar-refractivity contribution in [1.29, 1.82) is 0 Å². The van der Waals surface area contributed by atoms with Crippen LogP contribution in [0, 0.1) is 0 Å². The Bertz CT molecular complexity index is 905. The van der Waals surface area contributed by atoms with Crippen LogP contribution in [0.25, 0.3) is 0 Å². The lowest BCUT2D eigenvalue weighted by Gasteiger charge is -2.33. The maximum Gasteiger partial charge on any atom is 0.246 e. The van der Waals surface area contributed by atoms with E-state index in [1.807, 2.05) is 35.2 Å². The van der Waals surface area contributed by atoms with Gasteiger partial charge in [0.15, 0.2) is 9.84 Å². The predicted molar refractivity (Wildman–Crippen MR) is 106 cm³/mol. The molecule has 0 aliphatic carbocycles. The molecule has 1 aliphatic heterocycles. The fourth-order valence-electron chi connectivity index (χ4n) is 3.07. The first kappa shape index (κ1) is 19.7. The first-order chi connectivity index (χ1) is 12.9. The maximum atomic E-state index is 13.1. The second kappa shape index (κ2) is 8.29. The molecule has 144 valence electrons. The van der Waals surface area contributed by atoms with Crippen molar-refractivity contribution in [3.05, 3.63) is 59.1 Å². The van der Waals surface area contributed by atoms with Crippen molar-refractivity contribution in [2.75, 3.05) is 37.0 Å². The van der Waals surface area contributed by atoms with Crippen molar-refractivity contribution in [2.45, 2.75) is 6.04 Å². The number of amides is 1. The zero-order valence-corrected chi connectivity index (χ0v) is 16.5. The number of anilines is 1. The molecule has 1 heterocycles. The fraction of sp³-hybridized carbons (Fsp3) is 0.316. The van der Waals surface area contributed by atoms with Gasteiger partial charge in [0, 0.05) is 19.2 Å². The van der Waals surface area contributed by atoms with Gasteiger partial charge in [0.05, 0.1) is 29.3 Å². The van der Waals surface area contributed by atoms with Crippen molar-refractivity contribution >= 4 is 33.0 Å². The van der Waals surface area contributed by atoms with Crippen LogP contribution in [0.1, 0.15) is 11.6 Å². The minimum absolute atomic E-state index is 0.0485. The number of hydrogen-bond donors (Lipinski definition) is 1. The van der Waals surface area contributed by atoms with Gasteiger partial charge in [-0.2, -0.15) is 0 Å². The third-order valence-electron chi connectivity index (χ3n) is 4.54. The van der Waals surface area contributed by atoms with Gasteiger partial charge < -0.3 is 10.1 Å². The van der Waals surface area contributed by atoms with Crippen molar-refractivity contribution < 1.29 is 17.9 Å². The summed E-state index contributed by atoms with van der Waals surface area (Å²) in [6.45, 7) is 0.622. The Morgan fingerprint density at radius 1 is 1.15 bits per heavy atom. The molecule has 1 atom stereocenters. The lowest BCUT2D eigenvalue weighted by atomic mass is 10.0. The van der Waals surface area contributed by atoms with Crippen LogP contribution in [-0.4, -0.2) is 50.9 Å². The molecule has 1 unspecified atom stereocenters. The smallest absolute Gasteiger partial charge is 0.246 e. The van der Waals surface area contributed by atoms with Crippen molar-refractivity contribution in [3.8, 4) is 5.75 Å². The van der Waals surface area contributed by atoms with Gasteiger partial charge in [0.25, 0.3) is 0 Å². The largest absolute Gasteiger partial charge is 0.497 e. The van der Waals surface area contributed by atoms with Crippen LogP contribution >= 0.6 is 11.6 Å². The summed E-state index contributed by atoms with van der Waals surface area (Å²) in [5, 5.41) is 3.23. The number of methoxy groups -OCH3 is 1. The minimum Gasteiger partial charge on any atom is -0.497 e. The van der Waals surface area contributed by atoms with E-state index in [1.165, 1.54) is 0 Å². The first-order valence-electron chi connectivity index (χ1n) is 8.53. The number of rotatable bonds is 5. The number of carbonyl (C=O) groups excluding carboxylic acids is 1. The van der Waals surface area contributed by atoms with Gasteiger partial charge in [-0.15, -0.1) is 0 Å². The molecule has 0 saturated carbocycles. The van der Waals surface area contributed by atoms with E-state index in [1.54, 1.807) is 25.3 Å². The number of halogens is 1. The Labute approximate surface area is 164 Å². The van der Waals surface area contributed by atoms with E-state index >= 15 is 0 Å². The average molecular weight is 409 g/mol. The van der Waals surface area contributed by atoms with E-state index in [9.17, 15) is 13.2 Å². The molecule has 6 nitrogen and oxygen atoms in total. The van der Waals surface area contributed by atoms with Crippen LogP contribution in [0.3, 0.4) is 0 Å². The highest BCUT2D eigenvalue weighted by Crippen LogP contribution is 2.29. The lowest BCUT2D eigenvalue weighted by molar-refractivity contribution is -0.121. The van der Waals surface area contributed by atoms with Crippen LogP contribution < -0.4 is 10.1 Å². The summed E-state index contributed by atoms with van der Waals surface area (Å²) in [5.74, 6) is 0.436. The summed E-state index contributed by atoms with van der Waals surface area (Å²) >= 11 is 6.24. The van der Waals surface area contributed by atoms with E-state index in [0.717, 1.165) is 5.56 Å². The molecule has 1 N–H and O–H groups in total. The molecule has 1 aliphatic rings. The molecule has 2 aromatic carbocycles. The molecular formula is C19H21ClN2O4S. The second-order valence-electron chi connectivity index (χ2n) is 6.34. The Morgan fingerprint density at radius 3 is 2.41 bits per heavy atom. The number of nitrogens with one attached hydrogen (secondary N) is 1. The van der Waals surface area contributed by atoms with Crippen molar-refractivity contribution in [3.63, 3.8) is 0 Å². The molecule has 1 amide bonds. The fourth-order valence-corrected chi connectivity index (χ4v) is 4.52. The van der Waals surface area contributed by atoms with Crippen LogP contribution in [-0.2, 0) is 14.6 Å². The summed E-state index contributed by atoms with van der Waals surface area (Å²) in [6.07, 6.45) is 0. The molecule has 2 aromatic rings. The molecule has 8 heteroatoms. The predicted octanol–water partition coefficient (Wildman–Crippen LogP) is 2.76. The van der Waals surface area contributed by atoms with Gasteiger partial charge in [0.1, 0.15) is 11.8 Å². The number of ether oxygens (including phenoxy) is 1. The zero-order chi connectivity index (χ0) is 19.4. The number of benzene rings is 2. The molecule has 27 heavy (non-hydrogen) atoms. The molecule has 0 bridgehead atoms. The van der Waals surface area contributed by atoms with E-state index in [4.69, 9.17) is 16.3 Å². The van der Waals surface area contributed by atoms with Gasteiger partial charge in [-0.3, -0.25) is 9.69 Å². The summed E-state index contributed by atoms with van der Waals surface area (Å²) in [4.78, 5) is 15.0. The Hall–Kier alpha value is -2.09. The molecular weight excluding hydrogens is 388 g/mol. The van der Waals surface area contributed by atoms with Gasteiger partial charge in [-0.05, 0) is 17.7 Å². The molecule has 0 radical (unpaired) electrons. The van der Waals surface area contributed by atoms with Crippen LogP contribution in [0.4, 0.5) is 5.69 Å². The van der Waals surface area contributed by atoms with Gasteiger partial charge in [-0.25, -0.2) is 8.42 Å². The lowest BCUT2D eigenvalue weighted by Crippen LogP contribution is -2.46. The number of hydrogen-bond acceptors (Lipinski definition) is 5. The number of carbonyl (C=O) groups is 1. The van der Waals surface area contributed by atoms with Crippen LogP contribution in [0.15, 0.2) is 48.5 Å². The Balaban J connectivity index is 1.85. The highest BCUT2D eigenvalue weighted by Gasteiger charge is 2.32. The van der Waals surface area contributed by atoms with Crippen molar-refractivity contribution in [2.24, 2.45) is 0 Å². The SMILES string of the molecule is COc1ccc(NC(=O)C(c2ccccc2)N2CCS(=O)(=O)CC2)c(Cl)c1. The number of nitrogens with zero attached hydrogens (tertiary/aromatic N) is 1. The van der Waals surface area contributed by atoms with Gasteiger partial charge >= 0.3 is 0 Å². The Morgan fingerprint density at radius 2 is 1.81 bits per heavy atom. The second-order valence-corrected chi connectivity index (χ2v) is 9.05. The summed E-state index contributed by atoms with van der Waals surface area (Å²) < 4.78 is 28.7. The monoisotopic (exact) mass is 408 g/mol. The highest BCUT2D eigenvalue weighted by molar-refractivity contribution is 7.91. The van der Waals surface area contributed by atoms with Crippen molar-refractivity contribution in [1.82, 2.24) is 4.90 Å². The van der Waals surface area contributed by atoms with E-state index in [-0.39, 0.29) is 17.4 Å². The molecule has 3 rings (SSSR count). The van der Waals surface area contributed by atoms with Gasteiger partial charge in [0.2, 0.25) is 5.91 Å². The van der Waals surface area contributed by atoms with Gasteiger partial charge in [-0.1, -0.05) is 41.9 Å². The van der Waals surface area contributed by atoms with E-state index in [0.29, 0.717) is 29.5 Å². The molecule has 1 fully saturated rings. The quantitative estimate of drug-likeness (QED) is 0.823. The zero-order valence-electron chi connectivity index (χ0n) is 14.9. The topological polar surface area (TPSA) is 75.7 Å². The molecule has 0 spiro atoms. The first-order valence-corrected chi connectivity index (χ1v) is 10.7. The average Bonchev–Trinajstić information content (AvgIpc) is 2.66. The molecule has 1 saturated heterocycles. The summed E-state index contributed by atoms with van der Waals surface area (Å²) in [5.41, 5.74) is 1.28. The maximum absolute atomic E-state index is 13.1. The van der Waals surface area contributed by atoms with E-state index < -0.39 is 15.9 Å². The normalized spacial score (nSPS) is 17.9. The summed E-state index contributed by atoms with van der Waals surface area (Å²) in [6, 6.07) is 13.7. The number of sulfone groups is 1. The van der Waals surface area contributed by atoms with Crippen LogP contribution in [0.5, 0.6) is 5.75 Å². The van der Waals surface area contributed by atoms with Crippen LogP contribution in [0.2, 0.25) is 5.02 Å². The third-order valence-corrected chi connectivity index (χ3v) is 6.46. The minimum atomic E-state index is -3.04.